The zero-order valence-electron chi connectivity index (χ0n) is 11.1. The molecule has 1 aromatic heterocycles. The number of aromatic nitrogens is 1. The van der Waals surface area contributed by atoms with E-state index < -0.39 is 10.8 Å². The van der Waals surface area contributed by atoms with Crippen LogP contribution in [0.4, 0.5) is 5.69 Å². The summed E-state index contributed by atoms with van der Waals surface area (Å²) >= 11 is 0. The Labute approximate surface area is 119 Å². The van der Waals surface area contributed by atoms with E-state index in [0.717, 1.165) is 32.8 Å². The highest BCUT2D eigenvalue weighted by atomic mass is 32.2. The standard InChI is InChI=1S/C13H17N3O3S/c14-10-1-2-12-11(9-10)15-13(19-12)20(17)8-5-16-3-6-18-7-4-16/h1-2,9H,3-8,14H2. The number of nitrogen functional groups attached to an aromatic ring is 1. The molecular formula is C13H17N3O3S. The third-order valence-corrected chi connectivity index (χ3v) is 4.40. The zero-order chi connectivity index (χ0) is 13.9. The van der Waals surface area contributed by atoms with Gasteiger partial charge >= 0.3 is 0 Å². The van der Waals surface area contributed by atoms with Crippen LogP contribution in [-0.2, 0) is 15.5 Å². The van der Waals surface area contributed by atoms with Gasteiger partial charge in [0.1, 0.15) is 16.3 Å². The summed E-state index contributed by atoms with van der Waals surface area (Å²) in [4.78, 5) is 6.49. The van der Waals surface area contributed by atoms with Crippen molar-refractivity contribution in [2.24, 2.45) is 0 Å². The molecule has 20 heavy (non-hydrogen) atoms. The predicted octanol–water partition coefficient (Wildman–Crippen LogP) is 0.850. The maximum atomic E-state index is 12.2. The number of nitrogens with two attached hydrogens (primary N) is 1. The third-order valence-electron chi connectivity index (χ3n) is 3.28. The second-order valence-corrected chi connectivity index (χ2v) is 6.16. The molecule has 1 aliphatic heterocycles. The van der Waals surface area contributed by atoms with Gasteiger partial charge in [0.2, 0.25) is 0 Å². The smallest absolute Gasteiger partial charge is 0.287 e. The molecule has 1 atom stereocenters. The van der Waals surface area contributed by atoms with Gasteiger partial charge in [-0.05, 0) is 18.2 Å². The van der Waals surface area contributed by atoms with E-state index in [9.17, 15) is 4.21 Å². The Morgan fingerprint density at radius 3 is 2.95 bits per heavy atom. The predicted molar refractivity (Wildman–Crippen MR) is 77.0 cm³/mol. The van der Waals surface area contributed by atoms with E-state index in [1.54, 1.807) is 18.2 Å². The first-order valence-electron chi connectivity index (χ1n) is 6.57. The SMILES string of the molecule is Nc1ccc2oc(S(=O)CCN3CCOCC3)nc2c1. The van der Waals surface area contributed by atoms with Gasteiger partial charge in [-0.2, -0.15) is 0 Å². The molecule has 3 rings (SSSR count). The Kier molecular flexibility index (Phi) is 4.00. The molecule has 0 saturated carbocycles. The van der Waals surface area contributed by atoms with E-state index in [2.05, 4.69) is 9.88 Å². The molecule has 0 spiro atoms. The van der Waals surface area contributed by atoms with Gasteiger partial charge in [-0.25, -0.2) is 9.19 Å². The van der Waals surface area contributed by atoms with Crippen molar-refractivity contribution >= 4 is 27.6 Å². The summed E-state index contributed by atoms with van der Waals surface area (Å²) in [5, 5.41) is 0.277. The number of morpholine rings is 1. The van der Waals surface area contributed by atoms with Crippen molar-refractivity contribution in [2.45, 2.75) is 5.22 Å². The lowest BCUT2D eigenvalue weighted by molar-refractivity contribution is 0.0409. The van der Waals surface area contributed by atoms with Crippen molar-refractivity contribution in [3.8, 4) is 0 Å². The molecule has 1 aromatic carbocycles. The van der Waals surface area contributed by atoms with Gasteiger partial charge in [-0.1, -0.05) is 0 Å². The molecule has 0 amide bonds. The van der Waals surface area contributed by atoms with Crippen LogP contribution in [-0.4, -0.2) is 52.7 Å². The molecule has 2 N–H and O–H groups in total. The number of fused-ring (bicyclic) bond motifs is 1. The highest BCUT2D eigenvalue weighted by Gasteiger charge is 2.16. The van der Waals surface area contributed by atoms with Crippen LogP contribution < -0.4 is 5.73 Å². The van der Waals surface area contributed by atoms with Crippen molar-refractivity contribution in [3.05, 3.63) is 18.2 Å². The van der Waals surface area contributed by atoms with Gasteiger partial charge in [0.05, 0.1) is 13.2 Å². The first-order chi connectivity index (χ1) is 9.72. The normalized spacial score (nSPS) is 18.4. The zero-order valence-corrected chi connectivity index (χ0v) is 11.9. The highest BCUT2D eigenvalue weighted by molar-refractivity contribution is 7.84. The number of hydrogen-bond donors (Lipinski definition) is 1. The number of anilines is 1. The molecule has 1 fully saturated rings. The Hall–Kier alpha value is -1.44. The molecule has 7 heteroatoms. The number of hydrogen-bond acceptors (Lipinski definition) is 6. The Bertz CT molecular complexity index is 622. The minimum absolute atomic E-state index is 0.277. The molecule has 108 valence electrons. The Balaban J connectivity index is 1.65. The summed E-state index contributed by atoms with van der Waals surface area (Å²) in [6.07, 6.45) is 0. The monoisotopic (exact) mass is 295 g/mol. The third kappa shape index (κ3) is 3.00. The topological polar surface area (TPSA) is 81.6 Å². The molecule has 0 bridgehead atoms. The number of oxazole rings is 1. The summed E-state index contributed by atoms with van der Waals surface area (Å²) in [7, 11) is -1.23. The van der Waals surface area contributed by atoms with E-state index in [4.69, 9.17) is 14.9 Å². The van der Waals surface area contributed by atoms with Crippen LogP contribution in [0, 0.1) is 0 Å². The lowest BCUT2D eigenvalue weighted by Gasteiger charge is -2.25. The Morgan fingerprint density at radius 2 is 2.15 bits per heavy atom. The van der Waals surface area contributed by atoms with Crippen LogP contribution in [0.1, 0.15) is 0 Å². The molecule has 0 radical (unpaired) electrons. The maximum Gasteiger partial charge on any atom is 0.287 e. The molecular weight excluding hydrogens is 278 g/mol. The minimum atomic E-state index is -1.23. The number of nitrogens with zero attached hydrogens (tertiary/aromatic N) is 2. The molecule has 2 heterocycles. The summed E-state index contributed by atoms with van der Waals surface area (Å²) in [5.41, 5.74) is 7.58. The van der Waals surface area contributed by atoms with Crippen molar-refractivity contribution in [3.63, 3.8) is 0 Å². The molecule has 1 unspecified atom stereocenters. The van der Waals surface area contributed by atoms with Gasteiger partial charge in [-0.3, -0.25) is 4.90 Å². The average Bonchev–Trinajstić information content (AvgIpc) is 2.89. The van der Waals surface area contributed by atoms with Gasteiger partial charge in [0.25, 0.3) is 5.22 Å². The van der Waals surface area contributed by atoms with E-state index in [1.807, 2.05) is 0 Å². The second-order valence-electron chi connectivity index (χ2n) is 4.71. The average molecular weight is 295 g/mol. The molecule has 1 saturated heterocycles. The van der Waals surface area contributed by atoms with E-state index in [0.29, 0.717) is 22.5 Å². The highest BCUT2D eigenvalue weighted by Crippen LogP contribution is 2.20. The van der Waals surface area contributed by atoms with Crippen LogP contribution in [0.15, 0.2) is 27.8 Å². The molecule has 6 nitrogen and oxygen atoms in total. The second kappa shape index (κ2) is 5.90. The van der Waals surface area contributed by atoms with Crippen LogP contribution in [0.25, 0.3) is 11.1 Å². The van der Waals surface area contributed by atoms with Crippen molar-refractivity contribution in [2.75, 3.05) is 44.3 Å². The van der Waals surface area contributed by atoms with E-state index in [1.165, 1.54) is 0 Å². The number of rotatable bonds is 4. The van der Waals surface area contributed by atoms with E-state index >= 15 is 0 Å². The number of benzene rings is 1. The summed E-state index contributed by atoms with van der Waals surface area (Å²) in [5.74, 6) is 0.516. The summed E-state index contributed by atoms with van der Waals surface area (Å²) in [6, 6.07) is 5.22. The lowest BCUT2D eigenvalue weighted by atomic mass is 10.3. The molecule has 1 aliphatic rings. The quantitative estimate of drug-likeness (QED) is 0.842. The molecule has 0 aliphatic carbocycles. The van der Waals surface area contributed by atoms with Crippen molar-refractivity contribution < 1.29 is 13.4 Å². The van der Waals surface area contributed by atoms with Gasteiger partial charge in [0.15, 0.2) is 5.58 Å². The first-order valence-corrected chi connectivity index (χ1v) is 7.89. The van der Waals surface area contributed by atoms with Gasteiger partial charge < -0.3 is 14.9 Å². The minimum Gasteiger partial charge on any atom is -0.430 e. The van der Waals surface area contributed by atoms with Crippen LogP contribution in [0.2, 0.25) is 0 Å². The Morgan fingerprint density at radius 1 is 1.35 bits per heavy atom. The summed E-state index contributed by atoms with van der Waals surface area (Å²) < 4.78 is 23.0. The van der Waals surface area contributed by atoms with Crippen LogP contribution in [0.3, 0.4) is 0 Å². The summed E-state index contributed by atoms with van der Waals surface area (Å²) in [6.45, 7) is 4.03. The van der Waals surface area contributed by atoms with Crippen LogP contribution >= 0.6 is 0 Å². The van der Waals surface area contributed by atoms with E-state index in [-0.39, 0.29) is 5.22 Å². The van der Waals surface area contributed by atoms with Crippen LogP contribution in [0.5, 0.6) is 0 Å². The fourth-order valence-electron chi connectivity index (χ4n) is 2.14. The lowest BCUT2D eigenvalue weighted by Crippen LogP contribution is -2.38. The fourth-order valence-corrected chi connectivity index (χ4v) is 3.13. The van der Waals surface area contributed by atoms with Crippen molar-refractivity contribution in [1.29, 1.82) is 0 Å². The maximum absolute atomic E-state index is 12.2. The molecule has 2 aromatic rings. The van der Waals surface area contributed by atoms with Crippen molar-refractivity contribution in [1.82, 2.24) is 9.88 Å². The largest absolute Gasteiger partial charge is 0.430 e. The first kappa shape index (κ1) is 13.5. The number of ether oxygens (including phenoxy) is 1. The van der Waals surface area contributed by atoms with Gasteiger partial charge in [-0.15, -0.1) is 0 Å². The fraction of sp³-hybridized carbons (Fsp3) is 0.462. The van der Waals surface area contributed by atoms with Gasteiger partial charge in [0, 0.05) is 31.1 Å².